The Labute approximate surface area is 108 Å². The molecule has 0 amide bonds. The second-order valence-corrected chi connectivity index (χ2v) is 4.92. The molecular formula is C11H13BrN4O. The molecule has 0 radical (unpaired) electrons. The van der Waals surface area contributed by atoms with Gasteiger partial charge in [-0.2, -0.15) is 0 Å². The van der Waals surface area contributed by atoms with Crippen LogP contribution >= 0.6 is 15.9 Å². The first kappa shape index (κ1) is 12.2. The number of benzene rings is 1. The first-order valence-electron chi connectivity index (χ1n) is 5.32. The lowest BCUT2D eigenvalue weighted by Crippen LogP contribution is -2.48. The number of halogens is 1. The summed E-state index contributed by atoms with van der Waals surface area (Å²) in [6.07, 6.45) is 0. The van der Waals surface area contributed by atoms with Gasteiger partial charge in [-0.05, 0) is 23.7 Å². The van der Waals surface area contributed by atoms with Crippen LogP contribution in [0.2, 0.25) is 0 Å². The smallest absolute Gasteiger partial charge is 0.123 e. The van der Waals surface area contributed by atoms with Crippen LogP contribution in [0.3, 0.4) is 0 Å². The molecule has 1 saturated heterocycles. The summed E-state index contributed by atoms with van der Waals surface area (Å²) >= 11 is 3.45. The second-order valence-electron chi connectivity index (χ2n) is 4.01. The lowest BCUT2D eigenvalue weighted by Gasteiger charge is -2.36. The molecule has 0 bridgehead atoms. The van der Waals surface area contributed by atoms with Crippen molar-refractivity contribution in [1.82, 2.24) is 4.90 Å². The van der Waals surface area contributed by atoms with Gasteiger partial charge in [0.25, 0.3) is 0 Å². The minimum Gasteiger partial charge on any atom is -0.496 e. The second kappa shape index (κ2) is 5.40. The number of likely N-dealkylation sites (tertiary alicyclic amines) is 1. The van der Waals surface area contributed by atoms with Crippen molar-refractivity contribution in [2.75, 3.05) is 20.2 Å². The molecule has 0 aromatic heterocycles. The first-order chi connectivity index (χ1) is 8.22. The largest absolute Gasteiger partial charge is 0.496 e. The summed E-state index contributed by atoms with van der Waals surface area (Å²) in [6.45, 7) is 2.46. The Hall–Kier alpha value is -1.23. The summed E-state index contributed by atoms with van der Waals surface area (Å²) in [7, 11) is 1.67. The van der Waals surface area contributed by atoms with E-state index in [4.69, 9.17) is 10.3 Å². The standard InChI is InChI=1S/C11H13BrN4O/c1-17-11-3-2-9(12)4-8(11)5-16-6-10(7-16)14-15-13/h2-4,10H,5-7H2,1H3. The number of azide groups is 1. The molecule has 2 rings (SSSR count). The average molecular weight is 297 g/mol. The Morgan fingerprint density at radius 2 is 2.35 bits per heavy atom. The normalized spacial score (nSPS) is 16.1. The van der Waals surface area contributed by atoms with E-state index in [9.17, 15) is 0 Å². The van der Waals surface area contributed by atoms with Crippen LogP contribution in [0.25, 0.3) is 10.4 Å². The van der Waals surface area contributed by atoms with Crippen LogP contribution in [0.5, 0.6) is 5.75 Å². The van der Waals surface area contributed by atoms with E-state index in [1.165, 1.54) is 0 Å². The molecule has 5 nitrogen and oxygen atoms in total. The lowest BCUT2D eigenvalue weighted by molar-refractivity contribution is 0.141. The first-order valence-corrected chi connectivity index (χ1v) is 6.11. The van der Waals surface area contributed by atoms with Gasteiger partial charge in [-0.25, -0.2) is 0 Å². The number of rotatable bonds is 4. The number of hydrogen-bond donors (Lipinski definition) is 0. The van der Waals surface area contributed by atoms with E-state index in [0.717, 1.165) is 35.4 Å². The molecule has 0 unspecified atom stereocenters. The summed E-state index contributed by atoms with van der Waals surface area (Å²) < 4.78 is 6.36. The summed E-state index contributed by atoms with van der Waals surface area (Å²) in [5.74, 6) is 0.889. The van der Waals surface area contributed by atoms with E-state index < -0.39 is 0 Å². The molecule has 0 spiro atoms. The summed E-state index contributed by atoms with van der Waals surface area (Å²) in [5, 5.41) is 3.68. The van der Waals surface area contributed by atoms with E-state index >= 15 is 0 Å². The molecule has 0 atom stereocenters. The lowest BCUT2D eigenvalue weighted by atomic mass is 10.1. The van der Waals surface area contributed by atoms with Gasteiger partial charge in [0.05, 0.1) is 13.2 Å². The van der Waals surface area contributed by atoms with Crippen molar-refractivity contribution < 1.29 is 4.74 Å². The monoisotopic (exact) mass is 296 g/mol. The molecule has 1 aliphatic rings. The van der Waals surface area contributed by atoms with Gasteiger partial charge in [0.15, 0.2) is 0 Å². The van der Waals surface area contributed by atoms with Gasteiger partial charge in [0.2, 0.25) is 0 Å². The maximum atomic E-state index is 8.31. The Kier molecular flexibility index (Phi) is 3.89. The van der Waals surface area contributed by atoms with Gasteiger partial charge in [0, 0.05) is 34.6 Å². The fourth-order valence-electron chi connectivity index (χ4n) is 1.93. The zero-order chi connectivity index (χ0) is 12.3. The number of hydrogen-bond acceptors (Lipinski definition) is 3. The highest BCUT2D eigenvalue weighted by Crippen LogP contribution is 2.26. The van der Waals surface area contributed by atoms with Gasteiger partial charge in [0.1, 0.15) is 5.75 Å². The maximum Gasteiger partial charge on any atom is 0.123 e. The van der Waals surface area contributed by atoms with Crippen LogP contribution in [0, 0.1) is 0 Å². The average Bonchev–Trinajstić information content (AvgIpc) is 2.26. The summed E-state index contributed by atoms with van der Waals surface area (Å²) in [4.78, 5) is 5.04. The highest BCUT2D eigenvalue weighted by molar-refractivity contribution is 9.10. The van der Waals surface area contributed by atoms with Gasteiger partial charge in [-0.1, -0.05) is 21.0 Å². The van der Waals surface area contributed by atoms with Crippen molar-refractivity contribution in [2.45, 2.75) is 12.6 Å². The fraction of sp³-hybridized carbons (Fsp3) is 0.455. The molecular weight excluding hydrogens is 284 g/mol. The van der Waals surface area contributed by atoms with Gasteiger partial charge >= 0.3 is 0 Å². The van der Waals surface area contributed by atoms with Crippen molar-refractivity contribution >= 4 is 15.9 Å². The van der Waals surface area contributed by atoms with Gasteiger partial charge in [-0.3, -0.25) is 4.90 Å². The van der Waals surface area contributed by atoms with Gasteiger partial charge < -0.3 is 4.74 Å². The van der Waals surface area contributed by atoms with Crippen molar-refractivity contribution in [2.24, 2.45) is 5.11 Å². The van der Waals surface area contributed by atoms with E-state index in [-0.39, 0.29) is 6.04 Å². The number of nitrogens with zero attached hydrogens (tertiary/aromatic N) is 4. The molecule has 0 aliphatic carbocycles. The third kappa shape index (κ3) is 2.91. The van der Waals surface area contributed by atoms with Crippen LogP contribution in [0.4, 0.5) is 0 Å². The van der Waals surface area contributed by atoms with E-state index in [1.807, 2.05) is 12.1 Å². The number of methoxy groups -OCH3 is 1. The third-order valence-electron chi connectivity index (χ3n) is 2.79. The molecule has 90 valence electrons. The van der Waals surface area contributed by atoms with Crippen LogP contribution in [0.1, 0.15) is 5.56 Å². The van der Waals surface area contributed by atoms with Crippen molar-refractivity contribution in [3.05, 3.63) is 38.7 Å². The van der Waals surface area contributed by atoms with Gasteiger partial charge in [-0.15, -0.1) is 0 Å². The number of ether oxygens (including phenoxy) is 1. The Bertz CT molecular complexity index is 453. The predicted octanol–water partition coefficient (Wildman–Crippen LogP) is 2.95. The molecule has 0 N–H and O–H groups in total. The zero-order valence-corrected chi connectivity index (χ0v) is 11.1. The minimum atomic E-state index is 0.123. The SMILES string of the molecule is COc1ccc(Br)cc1CN1CC(N=[N+]=[N-])C1. The van der Waals surface area contributed by atoms with E-state index in [2.05, 4.69) is 36.9 Å². The highest BCUT2D eigenvalue weighted by Gasteiger charge is 2.26. The van der Waals surface area contributed by atoms with E-state index in [0.29, 0.717) is 0 Å². The molecule has 17 heavy (non-hydrogen) atoms. The van der Waals surface area contributed by atoms with Crippen LogP contribution < -0.4 is 4.74 Å². The van der Waals surface area contributed by atoms with Crippen molar-refractivity contribution in [3.8, 4) is 5.75 Å². The molecule has 1 aromatic rings. The molecule has 0 saturated carbocycles. The summed E-state index contributed by atoms with van der Waals surface area (Å²) in [6, 6.07) is 6.09. The van der Waals surface area contributed by atoms with Crippen LogP contribution in [-0.2, 0) is 6.54 Å². The third-order valence-corrected chi connectivity index (χ3v) is 3.28. The summed E-state index contributed by atoms with van der Waals surface area (Å²) in [5.41, 5.74) is 9.45. The molecule has 1 fully saturated rings. The van der Waals surface area contributed by atoms with Crippen molar-refractivity contribution in [1.29, 1.82) is 0 Å². The fourth-order valence-corrected chi connectivity index (χ4v) is 2.34. The highest BCUT2D eigenvalue weighted by atomic mass is 79.9. The molecule has 1 heterocycles. The Morgan fingerprint density at radius 1 is 1.59 bits per heavy atom. The maximum absolute atomic E-state index is 8.31. The topological polar surface area (TPSA) is 61.2 Å². The van der Waals surface area contributed by atoms with Crippen LogP contribution in [0.15, 0.2) is 27.8 Å². The molecule has 1 aliphatic heterocycles. The minimum absolute atomic E-state index is 0.123. The quantitative estimate of drug-likeness (QED) is 0.487. The molecule has 1 aromatic carbocycles. The molecule has 6 heteroatoms. The Morgan fingerprint density at radius 3 is 3.00 bits per heavy atom. The Balaban J connectivity index is 2.00. The van der Waals surface area contributed by atoms with Crippen LogP contribution in [-0.4, -0.2) is 31.1 Å². The predicted molar refractivity (Wildman–Crippen MR) is 68.9 cm³/mol. The van der Waals surface area contributed by atoms with Crippen molar-refractivity contribution in [3.63, 3.8) is 0 Å². The zero-order valence-electron chi connectivity index (χ0n) is 9.51. The van der Waals surface area contributed by atoms with E-state index in [1.54, 1.807) is 7.11 Å².